The van der Waals surface area contributed by atoms with Gasteiger partial charge in [0.05, 0.1) is 24.0 Å². The van der Waals surface area contributed by atoms with Gasteiger partial charge in [0.2, 0.25) is 0 Å². The van der Waals surface area contributed by atoms with Crippen molar-refractivity contribution in [2.24, 2.45) is 0 Å². The van der Waals surface area contributed by atoms with Gasteiger partial charge in [-0.3, -0.25) is 4.21 Å². The molecule has 0 saturated heterocycles. The maximum Gasteiger partial charge on any atom is 0.337 e. The van der Waals surface area contributed by atoms with Gasteiger partial charge in [-0.25, -0.2) is 4.79 Å². The summed E-state index contributed by atoms with van der Waals surface area (Å²) < 4.78 is 15.7. The predicted molar refractivity (Wildman–Crippen MR) is 78.8 cm³/mol. The third kappa shape index (κ3) is 4.90. The Hall–Kier alpha value is -1.56. The molecule has 0 saturated carbocycles. The van der Waals surface area contributed by atoms with E-state index in [0.29, 0.717) is 22.7 Å². The molecule has 0 aliphatic rings. The van der Waals surface area contributed by atoms with Gasteiger partial charge in [0.1, 0.15) is 0 Å². The van der Waals surface area contributed by atoms with Gasteiger partial charge in [0.15, 0.2) is 0 Å². The molecule has 5 nitrogen and oxygen atoms in total. The fourth-order valence-electron chi connectivity index (χ4n) is 1.61. The van der Waals surface area contributed by atoms with E-state index in [0.717, 1.165) is 6.42 Å². The average molecular weight is 284 g/mol. The Kier molecular flexibility index (Phi) is 5.82. The standard InChI is InChI=1S/C13H20N2O3S/c1-9(6-7-19(3)17)15-12-8-10(13(16)18-2)4-5-11(12)14/h4-5,8-9,15H,6-7,14H2,1-3H3. The Labute approximate surface area is 116 Å². The van der Waals surface area contributed by atoms with Crippen LogP contribution in [0.15, 0.2) is 18.2 Å². The summed E-state index contributed by atoms with van der Waals surface area (Å²) in [7, 11) is 0.530. The third-order valence-corrected chi connectivity index (χ3v) is 3.53. The topological polar surface area (TPSA) is 81.4 Å². The molecule has 3 N–H and O–H groups in total. The first-order valence-electron chi connectivity index (χ1n) is 5.98. The van der Waals surface area contributed by atoms with E-state index in [1.807, 2.05) is 6.92 Å². The fourth-order valence-corrected chi connectivity index (χ4v) is 2.29. The molecule has 1 aromatic carbocycles. The van der Waals surface area contributed by atoms with Crippen molar-refractivity contribution in [3.05, 3.63) is 23.8 Å². The van der Waals surface area contributed by atoms with E-state index >= 15 is 0 Å². The smallest absolute Gasteiger partial charge is 0.337 e. The molecule has 1 rings (SSSR count). The number of nitrogens with one attached hydrogen (secondary N) is 1. The van der Waals surface area contributed by atoms with Gasteiger partial charge in [0, 0.05) is 28.9 Å². The second-order valence-electron chi connectivity index (χ2n) is 4.40. The number of rotatable bonds is 6. The first-order valence-corrected chi connectivity index (χ1v) is 7.71. The monoisotopic (exact) mass is 284 g/mol. The quantitative estimate of drug-likeness (QED) is 0.613. The van der Waals surface area contributed by atoms with Crippen LogP contribution < -0.4 is 11.1 Å². The van der Waals surface area contributed by atoms with Crippen LogP contribution in [0.25, 0.3) is 0 Å². The molecule has 0 spiro atoms. The van der Waals surface area contributed by atoms with E-state index in [4.69, 9.17) is 5.73 Å². The zero-order valence-electron chi connectivity index (χ0n) is 11.4. The number of anilines is 2. The lowest BCUT2D eigenvalue weighted by Gasteiger charge is -2.17. The van der Waals surface area contributed by atoms with E-state index in [9.17, 15) is 9.00 Å². The third-order valence-electron chi connectivity index (χ3n) is 2.71. The first kappa shape index (κ1) is 15.5. The van der Waals surface area contributed by atoms with Crippen molar-refractivity contribution in [3.63, 3.8) is 0 Å². The predicted octanol–water partition coefficient (Wildman–Crippen LogP) is 1.62. The van der Waals surface area contributed by atoms with E-state index < -0.39 is 16.8 Å². The molecule has 1 aromatic rings. The van der Waals surface area contributed by atoms with Gasteiger partial charge in [-0.2, -0.15) is 0 Å². The molecular formula is C13H20N2O3S. The number of benzene rings is 1. The second kappa shape index (κ2) is 7.13. The summed E-state index contributed by atoms with van der Waals surface area (Å²) in [5, 5.41) is 3.22. The molecule has 6 heteroatoms. The second-order valence-corrected chi connectivity index (χ2v) is 5.96. The Morgan fingerprint density at radius 1 is 1.53 bits per heavy atom. The summed E-state index contributed by atoms with van der Waals surface area (Å²) in [5.74, 6) is 0.232. The van der Waals surface area contributed by atoms with Gasteiger partial charge < -0.3 is 15.8 Å². The first-order chi connectivity index (χ1) is 8.93. The molecule has 106 valence electrons. The minimum absolute atomic E-state index is 0.124. The number of nitrogens with two attached hydrogens (primary N) is 1. The van der Waals surface area contributed by atoms with Crippen LogP contribution in [0, 0.1) is 0 Å². The number of nitrogen functional groups attached to an aromatic ring is 1. The average Bonchev–Trinajstić information content (AvgIpc) is 2.38. The van der Waals surface area contributed by atoms with Crippen molar-refractivity contribution in [1.29, 1.82) is 0 Å². The highest BCUT2D eigenvalue weighted by Gasteiger charge is 2.10. The van der Waals surface area contributed by atoms with Crippen LogP contribution in [-0.4, -0.2) is 35.3 Å². The molecule has 0 aliphatic heterocycles. The summed E-state index contributed by atoms with van der Waals surface area (Å²) in [6, 6.07) is 5.08. The van der Waals surface area contributed by atoms with E-state index in [2.05, 4.69) is 10.1 Å². The molecule has 0 aliphatic carbocycles. The number of carbonyl (C=O) groups excluding carboxylic acids is 1. The number of hydrogen-bond acceptors (Lipinski definition) is 5. The van der Waals surface area contributed by atoms with Gasteiger partial charge in [-0.1, -0.05) is 0 Å². The van der Waals surface area contributed by atoms with Gasteiger partial charge in [-0.05, 0) is 31.5 Å². The zero-order chi connectivity index (χ0) is 14.4. The van der Waals surface area contributed by atoms with Crippen molar-refractivity contribution in [2.75, 3.05) is 30.2 Å². The minimum atomic E-state index is -0.808. The van der Waals surface area contributed by atoms with Crippen molar-refractivity contribution < 1.29 is 13.7 Å². The van der Waals surface area contributed by atoms with Crippen LogP contribution in [0.5, 0.6) is 0 Å². The molecular weight excluding hydrogens is 264 g/mol. The maximum atomic E-state index is 11.4. The largest absolute Gasteiger partial charge is 0.465 e. The maximum absolute atomic E-state index is 11.4. The molecule has 2 atom stereocenters. The molecule has 0 fully saturated rings. The van der Waals surface area contributed by atoms with E-state index in [1.54, 1.807) is 24.5 Å². The lowest BCUT2D eigenvalue weighted by molar-refractivity contribution is 0.0601. The number of methoxy groups -OCH3 is 1. The van der Waals surface area contributed by atoms with E-state index in [-0.39, 0.29) is 6.04 Å². The Morgan fingerprint density at radius 3 is 2.79 bits per heavy atom. The highest BCUT2D eigenvalue weighted by molar-refractivity contribution is 7.84. The Bertz CT molecular complexity index is 477. The minimum Gasteiger partial charge on any atom is -0.465 e. The summed E-state index contributed by atoms with van der Waals surface area (Å²) in [6.45, 7) is 1.98. The van der Waals surface area contributed by atoms with Crippen LogP contribution >= 0.6 is 0 Å². The van der Waals surface area contributed by atoms with Gasteiger partial charge >= 0.3 is 5.97 Å². The molecule has 19 heavy (non-hydrogen) atoms. The van der Waals surface area contributed by atoms with Gasteiger partial charge in [-0.15, -0.1) is 0 Å². The molecule has 2 unspecified atom stereocenters. The SMILES string of the molecule is COC(=O)c1ccc(N)c(NC(C)CCS(C)=O)c1. The number of hydrogen-bond donors (Lipinski definition) is 2. The normalized spacial score (nSPS) is 13.6. The molecule has 0 amide bonds. The summed E-state index contributed by atoms with van der Waals surface area (Å²) >= 11 is 0. The van der Waals surface area contributed by atoms with Crippen molar-refractivity contribution in [2.45, 2.75) is 19.4 Å². The summed E-state index contributed by atoms with van der Waals surface area (Å²) in [6.07, 6.45) is 2.45. The zero-order valence-corrected chi connectivity index (χ0v) is 12.3. The molecule has 0 bridgehead atoms. The van der Waals surface area contributed by atoms with Crippen LogP contribution in [0.2, 0.25) is 0 Å². The van der Waals surface area contributed by atoms with Crippen LogP contribution in [0.3, 0.4) is 0 Å². The molecule has 0 heterocycles. The Morgan fingerprint density at radius 2 is 2.21 bits per heavy atom. The molecule has 0 aromatic heterocycles. The van der Waals surface area contributed by atoms with E-state index in [1.165, 1.54) is 7.11 Å². The fraction of sp³-hybridized carbons (Fsp3) is 0.462. The molecule has 0 radical (unpaired) electrons. The van der Waals surface area contributed by atoms with Crippen molar-refractivity contribution >= 4 is 28.1 Å². The lowest BCUT2D eigenvalue weighted by Crippen LogP contribution is -2.19. The van der Waals surface area contributed by atoms with Crippen LogP contribution in [0.1, 0.15) is 23.7 Å². The number of esters is 1. The van der Waals surface area contributed by atoms with Crippen molar-refractivity contribution in [3.8, 4) is 0 Å². The lowest BCUT2D eigenvalue weighted by atomic mass is 10.1. The van der Waals surface area contributed by atoms with Crippen LogP contribution in [-0.2, 0) is 15.5 Å². The highest BCUT2D eigenvalue weighted by Crippen LogP contribution is 2.22. The summed E-state index contributed by atoms with van der Waals surface area (Å²) in [4.78, 5) is 11.4. The number of carbonyl (C=O) groups is 1. The van der Waals surface area contributed by atoms with Crippen molar-refractivity contribution in [1.82, 2.24) is 0 Å². The summed E-state index contributed by atoms with van der Waals surface area (Å²) in [5.41, 5.74) is 7.57. The highest BCUT2D eigenvalue weighted by atomic mass is 32.2. The Balaban J connectivity index is 2.76. The van der Waals surface area contributed by atoms with Gasteiger partial charge in [0.25, 0.3) is 0 Å². The van der Waals surface area contributed by atoms with Crippen LogP contribution in [0.4, 0.5) is 11.4 Å². The number of ether oxygens (including phenoxy) is 1.